The summed E-state index contributed by atoms with van der Waals surface area (Å²) in [5, 5.41) is 9.71. The van der Waals surface area contributed by atoms with Crippen LogP contribution >= 0.6 is 0 Å². The molecule has 0 aromatic heterocycles. The molecular weight excluding hydrogens is 240 g/mol. The first-order chi connectivity index (χ1) is 9.02. The van der Waals surface area contributed by atoms with E-state index in [2.05, 4.69) is 32.0 Å². The van der Waals surface area contributed by atoms with Crippen molar-refractivity contribution < 1.29 is 14.6 Å². The lowest BCUT2D eigenvalue weighted by Gasteiger charge is -2.57. The molecule has 102 valence electrons. The van der Waals surface area contributed by atoms with Crippen molar-refractivity contribution in [1.82, 2.24) is 0 Å². The molecule has 0 atom stereocenters. The van der Waals surface area contributed by atoms with Crippen molar-refractivity contribution in [3.8, 4) is 0 Å². The molecule has 2 fully saturated rings. The Morgan fingerprint density at radius 1 is 1.21 bits per heavy atom. The molecule has 3 heteroatoms. The number of hydrogen-bond acceptors (Lipinski definition) is 2. The molecule has 2 aliphatic rings. The van der Waals surface area contributed by atoms with Gasteiger partial charge >= 0.3 is 5.97 Å². The van der Waals surface area contributed by atoms with Gasteiger partial charge in [0, 0.05) is 0 Å². The second-order valence-electron chi connectivity index (χ2n) is 6.11. The zero-order valence-electron chi connectivity index (χ0n) is 11.5. The Labute approximate surface area is 113 Å². The van der Waals surface area contributed by atoms with Gasteiger partial charge in [-0.3, -0.25) is 4.79 Å². The van der Waals surface area contributed by atoms with Crippen LogP contribution in [0.25, 0.3) is 0 Å². The van der Waals surface area contributed by atoms with E-state index < -0.39 is 11.4 Å². The van der Waals surface area contributed by atoms with E-state index in [4.69, 9.17) is 4.74 Å². The highest BCUT2D eigenvalue weighted by atomic mass is 16.5. The van der Waals surface area contributed by atoms with E-state index in [1.54, 1.807) is 0 Å². The zero-order valence-corrected chi connectivity index (χ0v) is 11.5. The van der Waals surface area contributed by atoms with Crippen LogP contribution in [-0.4, -0.2) is 24.3 Å². The summed E-state index contributed by atoms with van der Waals surface area (Å²) in [7, 11) is 0. The van der Waals surface area contributed by atoms with E-state index >= 15 is 0 Å². The van der Waals surface area contributed by atoms with Gasteiger partial charge in [0.1, 0.15) is 0 Å². The molecule has 1 heterocycles. The summed E-state index contributed by atoms with van der Waals surface area (Å²) in [4.78, 5) is 11.8. The van der Waals surface area contributed by atoms with Gasteiger partial charge in [-0.2, -0.15) is 0 Å². The zero-order chi connectivity index (χ0) is 13.7. The smallest absolute Gasteiger partial charge is 0.310 e. The SMILES string of the molecule is Cc1ccc(C2(C3(C(=O)O)CCC3)COC2)cc1C. The number of aliphatic carboxylic acids is 1. The van der Waals surface area contributed by atoms with Crippen LogP contribution in [0.4, 0.5) is 0 Å². The average Bonchev–Trinajstić information content (AvgIpc) is 2.24. The molecule has 1 aromatic rings. The minimum absolute atomic E-state index is 0.310. The predicted octanol–water partition coefficient (Wildman–Crippen LogP) is 2.83. The number of benzene rings is 1. The fourth-order valence-electron chi connectivity index (χ4n) is 3.49. The van der Waals surface area contributed by atoms with Crippen LogP contribution in [0, 0.1) is 19.3 Å². The van der Waals surface area contributed by atoms with Crippen LogP contribution in [0.1, 0.15) is 36.0 Å². The van der Waals surface area contributed by atoms with Crippen LogP contribution in [0.3, 0.4) is 0 Å². The minimum Gasteiger partial charge on any atom is -0.481 e. The predicted molar refractivity (Wildman–Crippen MR) is 72.3 cm³/mol. The van der Waals surface area contributed by atoms with Gasteiger partial charge in [-0.15, -0.1) is 0 Å². The van der Waals surface area contributed by atoms with Crippen molar-refractivity contribution in [3.63, 3.8) is 0 Å². The highest BCUT2D eigenvalue weighted by Crippen LogP contribution is 2.58. The second kappa shape index (κ2) is 4.07. The molecule has 0 unspecified atom stereocenters. The Kier molecular flexibility index (Phi) is 2.72. The third kappa shape index (κ3) is 1.51. The Hall–Kier alpha value is -1.35. The average molecular weight is 260 g/mol. The van der Waals surface area contributed by atoms with Gasteiger partial charge in [-0.25, -0.2) is 0 Å². The number of hydrogen-bond donors (Lipinski definition) is 1. The minimum atomic E-state index is -0.653. The summed E-state index contributed by atoms with van der Waals surface area (Å²) in [6, 6.07) is 6.34. The summed E-state index contributed by atoms with van der Waals surface area (Å²) < 4.78 is 5.43. The van der Waals surface area contributed by atoms with Crippen molar-refractivity contribution in [2.75, 3.05) is 13.2 Å². The van der Waals surface area contributed by atoms with Crippen molar-refractivity contribution in [2.24, 2.45) is 5.41 Å². The van der Waals surface area contributed by atoms with E-state index in [-0.39, 0.29) is 5.41 Å². The van der Waals surface area contributed by atoms with Gasteiger partial charge in [-0.05, 0) is 43.4 Å². The second-order valence-corrected chi connectivity index (χ2v) is 6.11. The summed E-state index contributed by atoms with van der Waals surface area (Å²) in [6.45, 7) is 5.25. The fourth-order valence-corrected chi connectivity index (χ4v) is 3.49. The Bertz CT molecular complexity index is 525. The summed E-state index contributed by atoms with van der Waals surface area (Å²) in [5.74, 6) is -0.653. The molecule has 1 aromatic carbocycles. The molecule has 1 saturated carbocycles. The number of carboxylic acid groups (broad SMARTS) is 1. The lowest BCUT2D eigenvalue weighted by molar-refractivity contribution is -0.192. The van der Waals surface area contributed by atoms with Crippen molar-refractivity contribution in [1.29, 1.82) is 0 Å². The molecule has 1 aliphatic carbocycles. The number of aryl methyl sites for hydroxylation is 2. The Balaban J connectivity index is 2.08. The van der Waals surface area contributed by atoms with Crippen molar-refractivity contribution in [3.05, 3.63) is 34.9 Å². The van der Waals surface area contributed by atoms with Crippen molar-refractivity contribution in [2.45, 2.75) is 38.5 Å². The lowest BCUT2D eigenvalue weighted by atomic mass is 9.49. The quantitative estimate of drug-likeness (QED) is 0.909. The van der Waals surface area contributed by atoms with Gasteiger partial charge < -0.3 is 9.84 Å². The first-order valence-electron chi connectivity index (χ1n) is 6.91. The van der Waals surface area contributed by atoms with Crippen LogP contribution in [0.5, 0.6) is 0 Å². The van der Waals surface area contributed by atoms with Gasteiger partial charge in [0.25, 0.3) is 0 Å². The number of ether oxygens (including phenoxy) is 1. The monoisotopic (exact) mass is 260 g/mol. The molecule has 1 saturated heterocycles. The maximum absolute atomic E-state index is 11.8. The molecule has 19 heavy (non-hydrogen) atoms. The largest absolute Gasteiger partial charge is 0.481 e. The molecule has 0 amide bonds. The standard InChI is InChI=1S/C16H20O3/c1-11-4-5-13(8-12(11)2)16(9-19-10-16)15(14(17)18)6-3-7-15/h4-5,8H,3,6-7,9-10H2,1-2H3,(H,17,18). The van der Waals surface area contributed by atoms with Crippen LogP contribution in [-0.2, 0) is 14.9 Å². The number of carbonyl (C=O) groups is 1. The van der Waals surface area contributed by atoms with Crippen molar-refractivity contribution >= 4 is 5.97 Å². The maximum atomic E-state index is 11.8. The molecule has 3 nitrogen and oxygen atoms in total. The molecule has 0 spiro atoms. The third-order valence-corrected chi connectivity index (χ3v) is 5.29. The molecule has 3 rings (SSSR count). The van der Waals surface area contributed by atoms with Gasteiger partial charge in [0.05, 0.1) is 24.0 Å². The first kappa shape index (κ1) is 12.7. The Morgan fingerprint density at radius 2 is 1.89 bits per heavy atom. The number of rotatable bonds is 3. The summed E-state index contributed by atoms with van der Waals surface area (Å²) >= 11 is 0. The molecule has 1 aliphatic heterocycles. The van der Waals surface area contributed by atoms with Crippen LogP contribution in [0.15, 0.2) is 18.2 Å². The topological polar surface area (TPSA) is 46.5 Å². The first-order valence-corrected chi connectivity index (χ1v) is 6.91. The van der Waals surface area contributed by atoms with E-state index in [1.165, 1.54) is 11.1 Å². The van der Waals surface area contributed by atoms with Gasteiger partial charge in [-0.1, -0.05) is 24.6 Å². The maximum Gasteiger partial charge on any atom is 0.310 e. The molecule has 1 N–H and O–H groups in total. The molecule has 0 bridgehead atoms. The fraction of sp³-hybridized carbons (Fsp3) is 0.562. The highest BCUT2D eigenvalue weighted by Gasteiger charge is 2.64. The van der Waals surface area contributed by atoms with E-state index in [9.17, 15) is 9.90 Å². The number of carboxylic acids is 1. The third-order valence-electron chi connectivity index (χ3n) is 5.29. The van der Waals surface area contributed by atoms with E-state index in [0.717, 1.165) is 24.8 Å². The van der Waals surface area contributed by atoms with Gasteiger partial charge in [0.15, 0.2) is 0 Å². The highest BCUT2D eigenvalue weighted by molar-refractivity contribution is 5.79. The van der Waals surface area contributed by atoms with E-state index in [1.807, 2.05) is 0 Å². The Morgan fingerprint density at radius 3 is 2.26 bits per heavy atom. The summed E-state index contributed by atoms with van der Waals surface area (Å²) in [5.41, 5.74) is 2.70. The molecular formula is C16H20O3. The lowest BCUT2D eigenvalue weighted by Crippen LogP contribution is -2.64. The molecule has 0 radical (unpaired) electrons. The normalized spacial score (nSPS) is 23.3. The van der Waals surface area contributed by atoms with Crippen LogP contribution in [0.2, 0.25) is 0 Å². The van der Waals surface area contributed by atoms with Gasteiger partial charge in [0.2, 0.25) is 0 Å². The summed E-state index contributed by atoms with van der Waals surface area (Å²) in [6.07, 6.45) is 2.57. The van der Waals surface area contributed by atoms with E-state index in [0.29, 0.717) is 13.2 Å². The van der Waals surface area contributed by atoms with Crippen LogP contribution < -0.4 is 0 Å².